The summed E-state index contributed by atoms with van der Waals surface area (Å²) in [6.07, 6.45) is -0.655. The van der Waals surface area contributed by atoms with Gasteiger partial charge in [-0.15, -0.1) is 0 Å². The number of carbonyl (C=O) groups is 2. The number of halogens is 4. The van der Waals surface area contributed by atoms with E-state index < -0.39 is 47.1 Å². The number of nitrogens with two attached hydrogens (primary N) is 1. The number of nitrogens with zero attached hydrogens (tertiary/aromatic N) is 3. The lowest BCUT2D eigenvalue weighted by Gasteiger charge is -2.31. The summed E-state index contributed by atoms with van der Waals surface area (Å²) in [6, 6.07) is 15.4. The van der Waals surface area contributed by atoms with Crippen molar-refractivity contribution in [1.29, 1.82) is 0 Å². The van der Waals surface area contributed by atoms with Crippen molar-refractivity contribution in [3.05, 3.63) is 108 Å². The molecule has 9 nitrogen and oxygen atoms in total. The Balaban J connectivity index is 1.42. The van der Waals surface area contributed by atoms with E-state index in [1.807, 2.05) is 0 Å². The predicted molar refractivity (Wildman–Crippen MR) is 159 cm³/mol. The molecule has 0 radical (unpaired) electrons. The second-order valence-corrected chi connectivity index (χ2v) is 11.1. The van der Waals surface area contributed by atoms with Crippen LogP contribution in [-0.2, 0) is 15.8 Å². The van der Waals surface area contributed by atoms with Crippen LogP contribution in [0, 0.1) is 5.82 Å². The number of hydrogen-bond acceptors (Lipinski definition) is 7. The number of amides is 2. The summed E-state index contributed by atoms with van der Waals surface area (Å²) in [5, 5.41) is 14.1. The van der Waals surface area contributed by atoms with Gasteiger partial charge in [-0.25, -0.2) is 9.37 Å². The summed E-state index contributed by atoms with van der Waals surface area (Å²) in [5.41, 5.74) is 1.05. The molecule has 46 heavy (non-hydrogen) atoms. The monoisotopic (exact) mass is 631 g/mol. The number of carbonyl (C=O) groups excluding carboxylic acids is 2. The Kier molecular flexibility index (Phi) is 7.43. The highest BCUT2D eigenvalue weighted by Gasteiger charge is 2.57. The molecule has 1 unspecified atom stereocenters. The minimum absolute atomic E-state index is 0.00694. The van der Waals surface area contributed by atoms with Crippen LogP contribution >= 0.6 is 0 Å². The molecule has 6 rings (SSSR count). The van der Waals surface area contributed by atoms with Crippen LogP contribution in [0.4, 0.5) is 17.6 Å². The summed E-state index contributed by atoms with van der Waals surface area (Å²) < 4.78 is 63.8. The van der Waals surface area contributed by atoms with Crippen molar-refractivity contribution in [1.82, 2.24) is 20.3 Å². The van der Waals surface area contributed by atoms with Crippen LogP contribution in [0.3, 0.4) is 0 Å². The van der Waals surface area contributed by atoms with Gasteiger partial charge in [-0.1, -0.05) is 12.1 Å². The first-order valence-electron chi connectivity index (χ1n) is 13.9. The quantitative estimate of drug-likeness (QED) is 0.219. The molecule has 0 fully saturated rings. The number of benzene rings is 2. The molecule has 1 aliphatic rings. The van der Waals surface area contributed by atoms with Crippen molar-refractivity contribution in [2.45, 2.75) is 24.1 Å². The maximum Gasteiger partial charge on any atom is 0.424 e. The number of nitrogens with one attached hydrogen (secondary N) is 1. The highest BCUT2D eigenvalue weighted by Crippen LogP contribution is 2.47. The SMILES string of the molecule is C[C@]1(C(N)=O)COc2c1cc(C(O)(CNC(=O)c1cc(-c3cccnc3)c3ncccc3c1)C(F)(F)F)nc2-c1ccc(F)cc1. The van der Waals surface area contributed by atoms with E-state index in [4.69, 9.17) is 10.5 Å². The fourth-order valence-corrected chi connectivity index (χ4v) is 5.31. The van der Waals surface area contributed by atoms with E-state index in [0.717, 1.165) is 18.2 Å². The molecule has 5 aromatic rings. The van der Waals surface area contributed by atoms with Crippen LogP contribution < -0.4 is 15.8 Å². The number of alkyl halides is 3. The van der Waals surface area contributed by atoms with Gasteiger partial charge in [0.2, 0.25) is 11.5 Å². The van der Waals surface area contributed by atoms with Gasteiger partial charge in [0.1, 0.15) is 29.3 Å². The fraction of sp³-hybridized carbons (Fsp3) is 0.182. The van der Waals surface area contributed by atoms with Gasteiger partial charge >= 0.3 is 6.18 Å². The van der Waals surface area contributed by atoms with E-state index in [2.05, 4.69) is 20.3 Å². The van der Waals surface area contributed by atoms with Crippen LogP contribution in [-0.4, -0.2) is 51.2 Å². The first kappa shape index (κ1) is 30.6. The molecule has 2 amide bonds. The summed E-state index contributed by atoms with van der Waals surface area (Å²) in [5.74, 6) is -2.43. The predicted octanol–water partition coefficient (Wildman–Crippen LogP) is 4.81. The molecule has 3 aromatic heterocycles. The molecule has 0 spiro atoms. The standard InChI is InChI=1S/C33H25F4N5O4/c1-31(30(38)44)17-46-28-24(31)14-25(42-27(28)18-6-8-22(34)9-7-18)32(45,33(35,36)37)16-41-29(43)21-12-19-4-3-11-40-26(19)23(13-21)20-5-2-10-39-15-20/h2-15,45H,16-17H2,1H3,(H2,38,44)(H,41,43)/t31-,32?/m0/s1. The average molecular weight is 632 g/mol. The molecule has 1 aliphatic heterocycles. The lowest BCUT2D eigenvalue weighted by atomic mass is 9.81. The van der Waals surface area contributed by atoms with E-state index in [0.29, 0.717) is 22.0 Å². The molecule has 2 atom stereocenters. The number of aromatic nitrogens is 3. The fourth-order valence-electron chi connectivity index (χ4n) is 5.31. The minimum atomic E-state index is -5.36. The number of ether oxygens (including phenoxy) is 1. The largest absolute Gasteiger partial charge is 0.489 e. The Morgan fingerprint density at radius 2 is 1.78 bits per heavy atom. The van der Waals surface area contributed by atoms with Gasteiger partial charge in [-0.2, -0.15) is 13.2 Å². The van der Waals surface area contributed by atoms with Crippen molar-refractivity contribution in [2.24, 2.45) is 5.73 Å². The molecule has 0 bridgehead atoms. The van der Waals surface area contributed by atoms with E-state index in [1.165, 1.54) is 31.2 Å². The van der Waals surface area contributed by atoms with Gasteiger partial charge in [0.15, 0.2) is 0 Å². The van der Waals surface area contributed by atoms with Crippen molar-refractivity contribution < 1.29 is 37.0 Å². The maximum atomic E-state index is 14.8. The van der Waals surface area contributed by atoms with Crippen molar-refractivity contribution in [3.8, 4) is 28.1 Å². The van der Waals surface area contributed by atoms with E-state index in [1.54, 1.807) is 42.9 Å². The van der Waals surface area contributed by atoms with E-state index in [9.17, 15) is 32.3 Å². The van der Waals surface area contributed by atoms with Gasteiger partial charge in [0, 0.05) is 51.8 Å². The number of fused-ring (bicyclic) bond motifs is 2. The van der Waals surface area contributed by atoms with Crippen molar-refractivity contribution >= 4 is 22.7 Å². The van der Waals surface area contributed by atoms with Gasteiger partial charge in [0.25, 0.3) is 5.91 Å². The number of aliphatic hydroxyl groups is 1. The van der Waals surface area contributed by atoms with Crippen LogP contribution in [0.2, 0.25) is 0 Å². The normalized spacial score (nSPS) is 17.2. The zero-order valence-corrected chi connectivity index (χ0v) is 24.1. The summed E-state index contributed by atoms with van der Waals surface area (Å²) >= 11 is 0. The Morgan fingerprint density at radius 1 is 1.04 bits per heavy atom. The second kappa shape index (κ2) is 11.2. The maximum absolute atomic E-state index is 14.8. The zero-order valence-electron chi connectivity index (χ0n) is 24.1. The summed E-state index contributed by atoms with van der Waals surface area (Å²) in [6.45, 7) is -0.248. The molecule has 4 heterocycles. The number of primary amides is 1. The number of hydrogen-bond donors (Lipinski definition) is 3. The minimum Gasteiger partial charge on any atom is -0.489 e. The molecule has 234 valence electrons. The van der Waals surface area contributed by atoms with Crippen molar-refractivity contribution in [3.63, 3.8) is 0 Å². The Morgan fingerprint density at radius 3 is 2.46 bits per heavy atom. The zero-order chi connectivity index (χ0) is 32.9. The molecular weight excluding hydrogens is 606 g/mol. The first-order valence-corrected chi connectivity index (χ1v) is 13.9. The van der Waals surface area contributed by atoms with Crippen LogP contribution in [0.1, 0.15) is 28.5 Å². The highest BCUT2D eigenvalue weighted by molar-refractivity contribution is 6.03. The number of rotatable bonds is 7. The molecule has 0 saturated heterocycles. The summed E-state index contributed by atoms with van der Waals surface area (Å²) in [4.78, 5) is 38.5. The van der Waals surface area contributed by atoms with Gasteiger partial charge in [-0.05, 0) is 61.5 Å². The molecule has 0 aliphatic carbocycles. The van der Waals surface area contributed by atoms with Crippen molar-refractivity contribution in [2.75, 3.05) is 13.2 Å². The Labute approximate surface area is 259 Å². The van der Waals surface area contributed by atoms with E-state index >= 15 is 0 Å². The third-order valence-corrected chi connectivity index (χ3v) is 8.07. The van der Waals surface area contributed by atoms with Crippen LogP contribution in [0.5, 0.6) is 5.75 Å². The summed E-state index contributed by atoms with van der Waals surface area (Å²) in [7, 11) is 0. The topological polar surface area (TPSA) is 140 Å². The molecular formula is C33H25F4N5O4. The van der Waals surface area contributed by atoms with Gasteiger partial charge < -0.3 is 20.9 Å². The Bertz CT molecular complexity index is 1990. The van der Waals surface area contributed by atoms with Gasteiger partial charge in [-0.3, -0.25) is 19.6 Å². The lowest BCUT2D eigenvalue weighted by Crippen LogP contribution is -2.51. The number of pyridine rings is 3. The smallest absolute Gasteiger partial charge is 0.424 e. The van der Waals surface area contributed by atoms with Crippen LogP contribution in [0.25, 0.3) is 33.3 Å². The molecule has 2 aromatic carbocycles. The third-order valence-electron chi connectivity index (χ3n) is 8.07. The Hall–Kier alpha value is -5.43. The van der Waals surface area contributed by atoms with Gasteiger partial charge in [0.05, 0.1) is 17.8 Å². The average Bonchev–Trinajstić information content (AvgIpc) is 3.40. The first-order chi connectivity index (χ1) is 21.8. The molecule has 0 saturated carbocycles. The molecule has 13 heteroatoms. The highest BCUT2D eigenvalue weighted by atomic mass is 19.4. The molecule has 4 N–H and O–H groups in total. The lowest BCUT2D eigenvalue weighted by molar-refractivity contribution is -0.265. The van der Waals surface area contributed by atoms with E-state index in [-0.39, 0.29) is 34.7 Å². The third kappa shape index (κ3) is 5.17. The second-order valence-electron chi connectivity index (χ2n) is 11.1. The van der Waals surface area contributed by atoms with Crippen LogP contribution in [0.15, 0.2) is 85.3 Å².